The van der Waals surface area contributed by atoms with Crippen LogP contribution >= 0.6 is 23.2 Å². The molecule has 0 radical (unpaired) electrons. The molecule has 0 spiro atoms. The molecule has 36 heavy (non-hydrogen) atoms. The number of benzene rings is 1. The molecule has 3 heterocycles. The fraction of sp³-hybridized carbons (Fsp3) is 0.520. The number of nitrogens with zero attached hydrogens (tertiary/aromatic N) is 3. The van der Waals surface area contributed by atoms with Gasteiger partial charge in [0.05, 0.1) is 9.95 Å². The van der Waals surface area contributed by atoms with Crippen molar-refractivity contribution < 1.29 is 23.9 Å². The van der Waals surface area contributed by atoms with Crippen molar-refractivity contribution in [2.45, 2.75) is 57.7 Å². The number of ether oxygens (including phenoxy) is 3. The van der Waals surface area contributed by atoms with Gasteiger partial charge in [0.25, 0.3) is 0 Å². The number of nitro benzene ring substituents is 1. The van der Waals surface area contributed by atoms with Crippen LogP contribution in [0.5, 0.6) is 5.75 Å². The van der Waals surface area contributed by atoms with E-state index in [1.165, 1.54) is 6.07 Å². The summed E-state index contributed by atoms with van der Waals surface area (Å²) in [7, 11) is 0. The molecule has 2 saturated heterocycles. The number of halogens is 2. The van der Waals surface area contributed by atoms with Gasteiger partial charge in [0.1, 0.15) is 17.4 Å². The molecule has 4 rings (SSSR count). The maximum atomic E-state index is 12.2. The Morgan fingerprint density at radius 3 is 2.56 bits per heavy atom. The maximum absolute atomic E-state index is 12.2. The number of nitro groups is 1. The fourth-order valence-electron chi connectivity index (χ4n) is 4.44. The molecule has 2 fully saturated rings. The molecule has 11 heteroatoms. The second kappa shape index (κ2) is 10.8. The molecule has 2 aliphatic rings. The van der Waals surface area contributed by atoms with Crippen molar-refractivity contribution in [3.05, 3.63) is 61.4 Å². The van der Waals surface area contributed by atoms with Gasteiger partial charge in [0.2, 0.25) is 5.75 Å². The summed E-state index contributed by atoms with van der Waals surface area (Å²) in [5.74, 6) is 0.138. The molecule has 2 aliphatic heterocycles. The van der Waals surface area contributed by atoms with Crippen LogP contribution in [-0.2, 0) is 16.1 Å². The summed E-state index contributed by atoms with van der Waals surface area (Å²) in [6.45, 7) is 7.51. The van der Waals surface area contributed by atoms with Crippen LogP contribution in [0.2, 0.25) is 10.2 Å². The first-order valence-electron chi connectivity index (χ1n) is 11.8. The van der Waals surface area contributed by atoms with Gasteiger partial charge in [0, 0.05) is 50.0 Å². The predicted octanol–water partition coefficient (Wildman–Crippen LogP) is 6.10. The molecule has 1 aromatic heterocycles. The molecule has 0 aliphatic carbocycles. The monoisotopic (exact) mass is 537 g/mol. The first-order valence-corrected chi connectivity index (χ1v) is 12.6. The van der Waals surface area contributed by atoms with Crippen LogP contribution in [0.4, 0.5) is 10.5 Å². The molecule has 1 amide bonds. The van der Waals surface area contributed by atoms with E-state index in [9.17, 15) is 14.9 Å². The molecule has 0 bridgehead atoms. The van der Waals surface area contributed by atoms with Crippen LogP contribution in [0, 0.1) is 10.1 Å². The van der Waals surface area contributed by atoms with E-state index in [1.54, 1.807) is 37.9 Å². The quantitative estimate of drug-likeness (QED) is 0.249. The normalized spacial score (nSPS) is 17.0. The van der Waals surface area contributed by atoms with E-state index in [0.29, 0.717) is 42.6 Å². The first kappa shape index (κ1) is 26.4. The molecule has 2 aromatic rings. The molecule has 9 nitrogen and oxygen atoms in total. The largest absolute Gasteiger partial charge is 0.481 e. The number of carbonyl (C=O) groups is 1. The highest BCUT2D eigenvalue weighted by Crippen LogP contribution is 2.41. The average Bonchev–Trinajstić information content (AvgIpc) is 2.77. The number of aromatic nitrogens is 1. The van der Waals surface area contributed by atoms with Crippen molar-refractivity contribution >= 4 is 35.0 Å². The zero-order chi connectivity index (χ0) is 26.0. The van der Waals surface area contributed by atoms with E-state index in [-0.39, 0.29) is 34.9 Å². The maximum Gasteiger partial charge on any atom is 0.410 e. The second-order valence-corrected chi connectivity index (χ2v) is 10.8. The molecular formula is C25H29Cl2N3O6. The lowest BCUT2D eigenvalue weighted by Crippen LogP contribution is -2.50. The number of carbonyl (C=O) groups excluding carboxylic acids is 1. The summed E-state index contributed by atoms with van der Waals surface area (Å²) in [6, 6.07) is 5.03. The highest BCUT2D eigenvalue weighted by atomic mass is 35.5. The van der Waals surface area contributed by atoms with Crippen LogP contribution < -0.4 is 4.74 Å². The van der Waals surface area contributed by atoms with Crippen molar-refractivity contribution in [1.29, 1.82) is 0 Å². The van der Waals surface area contributed by atoms with Crippen LogP contribution in [0.15, 0.2) is 24.4 Å². The Balaban J connectivity index is 1.51. The topological polar surface area (TPSA) is 104 Å². The minimum atomic E-state index is -0.592. The molecule has 0 unspecified atom stereocenters. The van der Waals surface area contributed by atoms with Gasteiger partial charge >= 0.3 is 11.8 Å². The van der Waals surface area contributed by atoms with E-state index in [0.717, 1.165) is 18.4 Å². The van der Waals surface area contributed by atoms with Gasteiger partial charge in [-0.1, -0.05) is 23.2 Å². The smallest absolute Gasteiger partial charge is 0.410 e. The summed E-state index contributed by atoms with van der Waals surface area (Å²) in [4.78, 5) is 29.4. The third-order valence-electron chi connectivity index (χ3n) is 6.31. The lowest BCUT2D eigenvalue weighted by Gasteiger charge is -2.40. The highest BCUT2D eigenvalue weighted by Gasteiger charge is 2.36. The zero-order valence-corrected chi connectivity index (χ0v) is 22.0. The lowest BCUT2D eigenvalue weighted by molar-refractivity contribution is -0.386. The molecular weight excluding hydrogens is 509 g/mol. The number of likely N-dealkylation sites (tertiary alicyclic amines) is 1. The molecule has 194 valence electrons. The summed E-state index contributed by atoms with van der Waals surface area (Å²) >= 11 is 12.9. The number of hydrogen-bond acceptors (Lipinski definition) is 7. The summed E-state index contributed by atoms with van der Waals surface area (Å²) in [6.07, 6.45) is 2.95. The summed E-state index contributed by atoms with van der Waals surface area (Å²) in [5.41, 5.74) is 1.53. The number of hydrogen-bond donors (Lipinski definition) is 0. The molecule has 0 saturated carbocycles. The Morgan fingerprint density at radius 1 is 1.22 bits per heavy atom. The molecule has 1 aromatic carbocycles. The van der Waals surface area contributed by atoms with E-state index >= 15 is 0 Å². The van der Waals surface area contributed by atoms with Gasteiger partial charge in [-0.3, -0.25) is 10.1 Å². The third-order valence-corrected chi connectivity index (χ3v) is 6.92. The van der Waals surface area contributed by atoms with Crippen molar-refractivity contribution in [3.63, 3.8) is 0 Å². The Hall–Kier alpha value is -2.62. The van der Waals surface area contributed by atoms with Crippen molar-refractivity contribution in [1.82, 2.24) is 9.88 Å². The van der Waals surface area contributed by atoms with Crippen LogP contribution in [0.25, 0.3) is 0 Å². The number of pyridine rings is 1. The average molecular weight is 538 g/mol. The SMILES string of the molecule is CC(C)(C)OC(=O)N1CC(c2cc(Cl)c(OCc3c(C4CCOCC4)ccnc3Cl)c([N+](=O)[O-])c2)C1. The number of rotatable bonds is 6. The Morgan fingerprint density at radius 2 is 1.92 bits per heavy atom. The van der Waals surface area contributed by atoms with E-state index in [1.807, 2.05) is 6.07 Å². The Bertz CT molecular complexity index is 1140. The van der Waals surface area contributed by atoms with Crippen LogP contribution in [0.1, 0.15) is 62.1 Å². The summed E-state index contributed by atoms with van der Waals surface area (Å²) in [5, 5.41) is 12.3. The second-order valence-electron chi connectivity index (χ2n) is 10.0. The third kappa shape index (κ3) is 6.02. The van der Waals surface area contributed by atoms with Gasteiger partial charge in [-0.2, -0.15) is 0 Å². The highest BCUT2D eigenvalue weighted by molar-refractivity contribution is 6.32. The molecule has 0 N–H and O–H groups in total. The van der Waals surface area contributed by atoms with Gasteiger partial charge in [-0.15, -0.1) is 0 Å². The standard InChI is InChI=1S/C25H29Cl2N3O6/c1-25(2,3)36-24(31)29-12-17(13-29)16-10-20(26)22(21(11-16)30(32)33)35-14-19-18(4-7-28-23(19)27)15-5-8-34-9-6-15/h4,7,10-11,15,17H,5-6,8-9,12-14H2,1-3H3. The molecule has 0 atom stereocenters. The predicted molar refractivity (Wildman–Crippen MR) is 135 cm³/mol. The minimum absolute atomic E-state index is 0.00484. The minimum Gasteiger partial charge on any atom is -0.481 e. The van der Waals surface area contributed by atoms with Gasteiger partial charge in [0.15, 0.2) is 0 Å². The van der Waals surface area contributed by atoms with E-state index in [4.69, 9.17) is 37.4 Å². The van der Waals surface area contributed by atoms with Gasteiger partial charge in [-0.05, 0) is 62.8 Å². The van der Waals surface area contributed by atoms with Crippen molar-refractivity contribution in [2.24, 2.45) is 0 Å². The van der Waals surface area contributed by atoms with Gasteiger partial charge < -0.3 is 19.1 Å². The Labute approximate surface area is 219 Å². The van der Waals surface area contributed by atoms with Gasteiger partial charge in [-0.25, -0.2) is 9.78 Å². The van der Waals surface area contributed by atoms with Crippen molar-refractivity contribution in [2.75, 3.05) is 26.3 Å². The fourth-order valence-corrected chi connectivity index (χ4v) is 4.93. The summed E-state index contributed by atoms with van der Waals surface area (Å²) < 4.78 is 16.8. The zero-order valence-electron chi connectivity index (χ0n) is 20.5. The van der Waals surface area contributed by atoms with E-state index < -0.39 is 16.6 Å². The first-order chi connectivity index (χ1) is 17.0. The Kier molecular flexibility index (Phi) is 7.92. The van der Waals surface area contributed by atoms with Crippen LogP contribution in [-0.4, -0.2) is 52.8 Å². The lowest BCUT2D eigenvalue weighted by atomic mass is 9.89. The van der Waals surface area contributed by atoms with E-state index in [2.05, 4.69) is 4.98 Å². The van der Waals surface area contributed by atoms with Crippen LogP contribution in [0.3, 0.4) is 0 Å². The van der Waals surface area contributed by atoms with Crippen molar-refractivity contribution in [3.8, 4) is 5.75 Å². The number of amides is 1.